The predicted octanol–water partition coefficient (Wildman–Crippen LogP) is 4.66. The Kier molecular flexibility index (Phi) is 6.38. The monoisotopic (exact) mass is 565 g/mol. The molecule has 2 aliphatic heterocycles. The molecule has 3 aromatic heterocycles. The Morgan fingerprint density at radius 2 is 2.05 bits per heavy atom. The van der Waals surface area contributed by atoms with E-state index in [-0.39, 0.29) is 17.8 Å². The molecule has 0 aliphatic carbocycles. The van der Waals surface area contributed by atoms with Gasteiger partial charge in [-0.3, -0.25) is 13.7 Å². The lowest BCUT2D eigenvalue weighted by Gasteiger charge is -2.45. The van der Waals surface area contributed by atoms with Gasteiger partial charge in [-0.2, -0.15) is 21.5 Å². The summed E-state index contributed by atoms with van der Waals surface area (Å²) in [4.78, 5) is 16.0. The number of aryl methyl sites for hydroxylation is 1. The van der Waals surface area contributed by atoms with Crippen LogP contribution in [-0.2, 0) is 24.5 Å². The van der Waals surface area contributed by atoms with Crippen molar-refractivity contribution >= 4 is 28.0 Å². The molecule has 0 spiro atoms. The number of hydrogen-bond donors (Lipinski definition) is 0. The van der Waals surface area contributed by atoms with Crippen molar-refractivity contribution in [1.82, 2.24) is 24.5 Å². The maximum absolute atomic E-state index is 14.1. The SMILES string of the molecule is COc1cc2c(cc1-c1ccn(C)n1)-c1c(c(C(=O)N3CCC(S(C)=O)CC3(C)C)nn1-c1ccsc1)CO2. The Bertz CT molecular complexity index is 1590. The number of aromatic nitrogens is 4. The van der Waals surface area contributed by atoms with Crippen LogP contribution in [0.1, 0.15) is 42.7 Å². The average Bonchev–Trinajstić information content (AvgIpc) is 3.66. The summed E-state index contributed by atoms with van der Waals surface area (Å²) in [6.45, 7) is 4.84. The van der Waals surface area contributed by atoms with Gasteiger partial charge in [-0.1, -0.05) is 0 Å². The van der Waals surface area contributed by atoms with Crippen molar-refractivity contribution in [2.45, 2.75) is 44.1 Å². The molecule has 1 saturated heterocycles. The smallest absolute Gasteiger partial charge is 0.275 e. The highest BCUT2D eigenvalue weighted by Crippen LogP contribution is 2.46. The molecule has 1 amide bonds. The second kappa shape index (κ2) is 9.63. The van der Waals surface area contributed by atoms with Crippen LogP contribution in [0.4, 0.5) is 0 Å². The van der Waals surface area contributed by atoms with Gasteiger partial charge in [0, 0.05) is 75.8 Å². The van der Waals surface area contributed by atoms with Crippen molar-refractivity contribution in [3.05, 3.63) is 52.5 Å². The highest BCUT2D eigenvalue weighted by molar-refractivity contribution is 7.84. The van der Waals surface area contributed by atoms with Gasteiger partial charge in [-0.05, 0) is 50.3 Å². The zero-order chi connectivity index (χ0) is 27.5. The maximum atomic E-state index is 14.1. The van der Waals surface area contributed by atoms with Crippen LogP contribution in [0.5, 0.6) is 11.5 Å². The van der Waals surface area contributed by atoms with Crippen molar-refractivity contribution < 1.29 is 18.5 Å². The molecule has 1 fully saturated rings. The zero-order valence-corrected chi connectivity index (χ0v) is 24.3. The van der Waals surface area contributed by atoms with E-state index >= 15 is 0 Å². The third kappa shape index (κ3) is 4.37. The first-order chi connectivity index (χ1) is 18.7. The third-order valence-corrected chi connectivity index (χ3v) is 9.71. The lowest BCUT2D eigenvalue weighted by atomic mass is 9.89. The summed E-state index contributed by atoms with van der Waals surface area (Å²) in [6.07, 6.45) is 5.03. The summed E-state index contributed by atoms with van der Waals surface area (Å²) in [5.74, 6) is 1.20. The van der Waals surface area contributed by atoms with Gasteiger partial charge < -0.3 is 14.4 Å². The fraction of sp³-hybridized carbons (Fsp3) is 0.393. The number of piperidine rings is 1. The summed E-state index contributed by atoms with van der Waals surface area (Å²) in [5, 5.41) is 13.6. The standard InChI is InChI=1S/C28H31N5O4S2/c1-28(2)14-18(39(5)35)6-10-32(28)27(34)25-21-15-37-24-13-23(36-4)19(22-7-9-31(3)29-22)12-20(24)26(21)33(30-25)17-8-11-38-16-17/h7-9,11-13,16,18H,6,10,14-15H2,1-5H3. The highest BCUT2D eigenvalue weighted by Gasteiger charge is 2.42. The first-order valence-corrected chi connectivity index (χ1v) is 15.4. The predicted molar refractivity (Wildman–Crippen MR) is 152 cm³/mol. The Balaban J connectivity index is 1.50. The largest absolute Gasteiger partial charge is 0.496 e. The number of fused-ring (bicyclic) bond motifs is 3. The van der Waals surface area contributed by atoms with E-state index in [0.29, 0.717) is 36.6 Å². The molecule has 4 aromatic rings. The van der Waals surface area contributed by atoms with E-state index in [1.54, 1.807) is 29.4 Å². The minimum atomic E-state index is -0.927. The molecule has 2 unspecified atom stereocenters. The van der Waals surface area contributed by atoms with E-state index in [2.05, 4.69) is 5.10 Å². The number of methoxy groups -OCH3 is 1. The number of thiophene rings is 1. The number of carbonyl (C=O) groups is 1. The number of amides is 1. The Labute approximate surface area is 233 Å². The highest BCUT2D eigenvalue weighted by atomic mass is 32.2. The number of rotatable bonds is 5. The van der Waals surface area contributed by atoms with Gasteiger partial charge in [0.05, 0.1) is 24.2 Å². The molecule has 0 N–H and O–H groups in total. The van der Waals surface area contributed by atoms with E-state index in [4.69, 9.17) is 14.6 Å². The second-order valence-corrected chi connectivity index (χ2v) is 13.1. The van der Waals surface area contributed by atoms with Gasteiger partial charge >= 0.3 is 0 Å². The fourth-order valence-electron chi connectivity index (χ4n) is 5.68. The number of benzene rings is 1. The molecule has 0 saturated carbocycles. The number of hydrogen-bond acceptors (Lipinski definition) is 7. The molecule has 6 rings (SSSR count). The van der Waals surface area contributed by atoms with E-state index in [0.717, 1.165) is 33.8 Å². The van der Waals surface area contributed by atoms with Crippen molar-refractivity contribution in [3.63, 3.8) is 0 Å². The summed E-state index contributed by atoms with van der Waals surface area (Å²) >= 11 is 1.57. The molecular weight excluding hydrogens is 534 g/mol. The van der Waals surface area contributed by atoms with Gasteiger partial charge in [0.25, 0.3) is 5.91 Å². The molecule has 39 heavy (non-hydrogen) atoms. The molecular formula is C28H31N5O4S2. The van der Waals surface area contributed by atoms with Crippen LogP contribution in [0.15, 0.2) is 41.2 Å². The molecule has 2 aliphatic rings. The van der Waals surface area contributed by atoms with Crippen LogP contribution in [0.3, 0.4) is 0 Å². The topological polar surface area (TPSA) is 91.5 Å². The normalized spacial score (nSPS) is 18.7. The Morgan fingerprint density at radius 1 is 1.23 bits per heavy atom. The lowest BCUT2D eigenvalue weighted by molar-refractivity contribution is 0.0433. The molecule has 11 heteroatoms. The van der Waals surface area contributed by atoms with E-state index < -0.39 is 16.3 Å². The zero-order valence-electron chi connectivity index (χ0n) is 22.6. The van der Waals surface area contributed by atoms with Crippen LogP contribution in [0.25, 0.3) is 28.2 Å². The van der Waals surface area contributed by atoms with Crippen molar-refractivity contribution in [2.24, 2.45) is 7.05 Å². The lowest BCUT2D eigenvalue weighted by Crippen LogP contribution is -2.55. The van der Waals surface area contributed by atoms with Gasteiger partial charge in [-0.15, -0.1) is 0 Å². The Hall–Kier alpha value is -3.44. The molecule has 0 bridgehead atoms. The minimum absolute atomic E-state index is 0.0801. The van der Waals surface area contributed by atoms with Crippen LogP contribution in [0, 0.1) is 0 Å². The molecule has 9 nitrogen and oxygen atoms in total. The average molecular weight is 566 g/mol. The quantitative estimate of drug-likeness (QED) is 0.350. The summed E-state index contributed by atoms with van der Waals surface area (Å²) < 4.78 is 27.8. The third-order valence-electron chi connectivity index (χ3n) is 7.70. The van der Waals surface area contributed by atoms with E-state index in [1.165, 1.54) is 0 Å². The van der Waals surface area contributed by atoms with E-state index in [1.807, 2.05) is 71.7 Å². The van der Waals surface area contributed by atoms with Crippen LogP contribution < -0.4 is 9.47 Å². The minimum Gasteiger partial charge on any atom is -0.496 e. The first-order valence-electron chi connectivity index (χ1n) is 12.8. The molecule has 1 aromatic carbocycles. The van der Waals surface area contributed by atoms with Crippen LogP contribution >= 0.6 is 11.3 Å². The summed E-state index contributed by atoms with van der Waals surface area (Å²) in [6, 6.07) is 7.83. The van der Waals surface area contributed by atoms with Crippen LogP contribution in [0.2, 0.25) is 0 Å². The van der Waals surface area contributed by atoms with Gasteiger partial charge in [-0.25, -0.2) is 4.68 Å². The first kappa shape index (κ1) is 25.8. The summed E-state index contributed by atoms with van der Waals surface area (Å²) in [7, 11) is 2.58. The maximum Gasteiger partial charge on any atom is 0.275 e. The van der Waals surface area contributed by atoms with Crippen molar-refractivity contribution in [3.8, 4) is 39.7 Å². The van der Waals surface area contributed by atoms with Gasteiger partial charge in [0.1, 0.15) is 18.1 Å². The molecule has 204 valence electrons. The summed E-state index contributed by atoms with van der Waals surface area (Å²) in [5.41, 5.74) is 4.86. The number of likely N-dealkylation sites (tertiary alicyclic amines) is 1. The number of carbonyl (C=O) groups excluding carboxylic acids is 1. The molecule has 0 radical (unpaired) electrons. The van der Waals surface area contributed by atoms with E-state index in [9.17, 15) is 9.00 Å². The second-order valence-electron chi connectivity index (χ2n) is 10.7. The van der Waals surface area contributed by atoms with Gasteiger partial charge in [0.15, 0.2) is 5.69 Å². The van der Waals surface area contributed by atoms with Crippen molar-refractivity contribution in [2.75, 3.05) is 19.9 Å². The van der Waals surface area contributed by atoms with Crippen LogP contribution in [-0.4, -0.2) is 65.3 Å². The number of ether oxygens (including phenoxy) is 2. The Morgan fingerprint density at radius 3 is 2.69 bits per heavy atom. The fourth-order valence-corrected chi connectivity index (χ4v) is 7.37. The van der Waals surface area contributed by atoms with Gasteiger partial charge in [0.2, 0.25) is 0 Å². The molecule has 2 atom stereocenters. The van der Waals surface area contributed by atoms with Crippen molar-refractivity contribution in [1.29, 1.82) is 0 Å². The molecule has 5 heterocycles. The number of nitrogens with zero attached hydrogens (tertiary/aromatic N) is 5.